The highest BCUT2D eigenvalue weighted by Gasteiger charge is 2.23. The maximum absolute atomic E-state index is 12.7. The number of hydrogen-bond acceptors (Lipinski definition) is 4. The number of carbonyl (C=O) groups excluding carboxylic acids is 1. The largest absolute Gasteiger partial charge is 0.459 e. The zero-order valence-electron chi connectivity index (χ0n) is 12.4. The van der Waals surface area contributed by atoms with Gasteiger partial charge in [-0.2, -0.15) is 0 Å². The highest BCUT2D eigenvalue weighted by atomic mass is 16.5. The zero-order valence-corrected chi connectivity index (χ0v) is 12.4. The highest BCUT2D eigenvalue weighted by Crippen LogP contribution is 2.23. The van der Waals surface area contributed by atoms with Gasteiger partial charge in [-0.15, -0.1) is 0 Å². The first-order chi connectivity index (χ1) is 10.7. The molecule has 0 saturated heterocycles. The number of hydrogen-bond donors (Lipinski definition) is 0. The van der Waals surface area contributed by atoms with Gasteiger partial charge in [-0.05, 0) is 38.1 Å². The van der Waals surface area contributed by atoms with Gasteiger partial charge in [0.2, 0.25) is 0 Å². The summed E-state index contributed by atoms with van der Waals surface area (Å²) in [6, 6.07) is 12.8. The minimum Gasteiger partial charge on any atom is -0.459 e. The van der Waals surface area contributed by atoms with Crippen molar-refractivity contribution >= 4 is 11.6 Å². The lowest BCUT2D eigenvalue weighted by atomic mass is 10.1. The Labute approximate surface area is 128 Å². The molecule has 0 radical (unpaired) electrons. The van der Waals surface area contributed by atoms with Crippen LogP contribution in [-0.2, 0) is 6.54 Å². The Hall–Kier alpha value is -2.82. The highest BCUT2D eigenvalue weighted by molar-refractivity contribution is 6.04. The van der Waals surface area contributed by atoms with Crippen LogP contribution in [0.2, 0.25) is 0 Å². The number of furan rings is 1. The third kappa shape index (κ3) is 2.65. The van der Waals surface area contributed by atoms with Crippen LogP contribution < -0.4 is 4.90 Å². The molecule has 1 amide bonds. The molecule has 0 aliphatic heterocycles. The Bertz CT molecular complexity index is 741. The maximum atomic E-state index is 12.7. The van der Waals surface area contributed by atoms with Crippen LogP contribution in [-0.4, -0.2) is 11.1 Å². The first kappa shape index (κ1) is 14.1. The number of rotatable bonds is 4. The Morgan fingerprint density at radius 2 is 1.91 bits per heavy atom. The first-order valence-corrected chi connectivity index (χ1v) is 6.99. The van der Waals surface area contributed by atoms with Gasteiger partial charge in [-0.3, -0.25) is 4.79 Å². The van der Waals surface area contributed by atoms with Crippen molar-refractivity contribution in [2.45, 2.75) is 20.4 Å². The summed E-state index contributed by atoms with van der Waals surface area (Å²) >= 11 is 0. The third-order valence-electron chi connectivity index (χ3n) is 3.54. The molecule has 22 heavy (non-hydrogen) atoms. The van der Waals surface area contributed by atoms with E-state index in [-0.39, 0.29) is 5.91 Å². The fraction of sp³-hybridized carbons (Fsp3) is 0.176. The number of benzene rings is 1. The molecule has 0 spiro atoms. The Morgan fingerprint density at radius 1 is 1.14 bits per heavy atom. The van der Waals surface area contributed by atoms with Crippen LogP contribution in [0, 0.1) is 13.8 Å². The van der Waals surface area contributed by atoms with Crippen LogP contribution in [0.5, 0.6) is 0 Å². The quantitative estimate of drug-likeness (QED) is 0.736. The molecule has 0 fully saturated rings. The SMILES string of the molecule is Cc1noc(C)c1CN(C(=O)c1ccco1)c1ccccc1. The molecule has 3 rings (SSSR count). The van der Waals surface area contributed by atoms with Crippen LogP contribution in [0.4, 0.5) is 5.69 Å². The number of amides is 1. The van der Waals surface area contributed by atoms with Gasteiger partial charge in [0.15, 0.2) is 5.76 Å². The summed E-state index contributed by atoms with van der Waals surface area (Å²) in [6.45, 7) is 4.09. The van der Waals surface area contributed by atoms with Crippen molar-refractivity contribution in [1.29, 1.82) is 0 Å². The lowest BCUT2D eigenvalue weighted by Crippen LogP contribution is -2.30. The number of aromatic nitrogens is 1. The number of aryl methyl sites for hydroxylation is 2. The number of para-hydroxylation sites is 1. The van der Waals surface area contributed by atoms with E-state index in [1.807, 2.05) is 44.2 Å². The molecule has 0 atom stereocenters. The fourth-order valence-electron chi connectivity index (χ4n) is 2.31. The average Bonchev–Trinajstić information content (AvgIpc) is 3.17. The summed E-state index contributed by atoms with van der Waals surface area (Å²) in [5.41, 5.74) is 2.48. The standard InChI is InChI=1S/C17H16N2O3/c1-12-15(13(2)22-18-12)11-19(14-7-4-3-5-8-14)17(20)16-9-6-10-21-16/h3-10H,11H2,1-2H3. The monoisotopic (exact) mass is 296 g/mol. The normalized spacial score (nSPS) is 10.6. The molecule has 0 aliphatic carbocycles. The van der Waals surface area contributed by atoms with E-state index >= 15 is 0 Å². The number of anilines is 1. The van der Waals surface area contributed by atoms with Crippen molar-refractivity contribution in [3.63, 3.8) is 0 Å². The number of carbonyl (C=O) groups is 1. The summed E-state index contributed by atoms with van der Waals surface area (Å²) in [5.74, 6) is 0.817. The van der Waals surface area contributed by atoms with Crippen molar-refractivity contribution in [3.8, 4) is 0 Å². The van der Waals surface area contributed by atoms with Gasteiger partial charge in [0.1, 0.15) is 5.76 Å². The zero-order chi connectivity index (χ0) is 15.5. The van der Waals surface area contributed by atoms with Crippen LogP contribution in [0.15, 0.2) is 57.7 Å². The van der Waals surface area contributed by atoms with Crippen molar-refractivity contribution < 1.29 is 13.7 Å². The average molecular weight is 296 g/mol. The van der Waals surface area contributed by atoms with Crippen LogP contribution in [0.25, 0.3) is 0 Å². The molecular weight excluding hydrogens is 280 g/mol. The van der Waals surface area contributed by atoms with E-state index < -0.39 is 0 Å². The molecule has 5 heteroatoms. The molecule has 2 heterocycles. The van der Waals surface area contributed by atoms with E-state index in [1.54, 1.807) is 17.0 Å². The molecule has 0 saturated carbocycles. The van der Waals surface area contributed by atoms with E-state index in [0.29, 0.717) is 18.1 Å². The summed E-state index contributed by atoms with van der Waals surface area (Å²) in [6.07, 6.45) is 1.49. The summed E-state index contributed by atoms with van der Waals surface area (Å²) < 4.78 is 10.4. The van der Waals surface area contributed by atoms with Gasteiger partial charge >= 0.3 is 0 Å². The molecule has 0 aliphatic rings. The lowest BCUT2D eigenvalue weighted by Gasteiger charge is -2.21. The molecule has 3 aromatic rings. The Balaban J connectivity index is 1.98. The van der Waals surface area contributed by atoms with E-state index in [0.717, 1.165) is 16.9 Å². The lowest BCUT2D eigenvalue weighted by molar-refractivity contribution is 0.0958. The second-order valence-electron chi connectivity index (χ2n) is 5.01. The first-order valence-electron chi connectivity index (χ1n) is 6.99. The number of nitrogens with zero attached hydrogens (tertiary/aromatic N) is 2. The van der Waals surface area contributed by atoms with E-state index in [4.69, 9.17) is 8.94 Å². The van der Waals surface area contributed by atoms with Crippen molar-refractivity contribution in [3.05, 3.63) is 71.5 Å². The van der Waals surface area contributed by atoms with Gasteiger partial charge in [0, 0.05) is 11.3 Å². The van der Waals surface area contributed by atoms with Crippen LogP contribution in [0.3, 0.4) is 0 Å². The third-order valence-corrected chi connectivity index (χ3v) is 3.54. The van der Waals surface area contributed by atoms with Gasteiger partial charge < -0.3 is 13.8 Å². The Morgan fingerprint density at radius 3 is 2.50 bits per heavy atom. The van der Waals surface area contributed by atoms with Crippen molar-refractivity contribution in [2.24, 2.45) is 0 Å². The molecule has 0 unspecified atom stereocenters. The van der Waals surface area contributed by atoms with Gasteiger partial charge in [0.25, 0.3) is 5.91 Å². The molecule has 1 aromatic carbocycles. The predicted molar refractivity (Wildman–Crippen MR) is 81.6 cm³/mol. The Kier molecular flexibility index (Phi) is 3.78. The predicted octanol–water partition coefficient (Wildman–Crippen LogP) is 3.73. The van der Waals surface area contributed by atoms with E-state index in [1.165, 1.54) is 6.26 Å². The minimum atomic E-state index is -0.198. The second-order valence-corrected chi connectivity index (χ2v) is 5.01. The second kappa shape index (κ2) is 5.89. The van der Waals surface area contributed by atoms with Crippen LogP contribution >= 0.6 is 0 Å². The van der Waals surface area contributed by atoms with Gasteiger partial charge in [-0.25, -0.2) is 0 Å². The molecule has 5 nitrogen and oxygen atoms in total. The van der Waals surface area contributed by atoms with Crippen molar-refractivity contribution in [2.75, 3.05) is 4.90 Å². The van der Waals surface area contributed by atoms with E-state index in [2.05, 4.69) is 5.16 Å². The van der Waals surface area contributed by atoms with E-state index in [9.17, 15) is 4.79 Å². The summed E-state index contributed by atoms with van der Waals surface area (Å²) in [5, 5.41) is 3.95. The molecule has 0 bridgehead atoms. The fourth-order valence-corrected chi connectivity index (χ4v) is 2.31. The van der Waals surface area contributed by atoms with Crippen LogP contribution in [0.1, 0.15) is 27.6 Å². The summed E-state index contributed by atoms with van der Waals surface area (Å²) in [7, 11) is 0. The van der Waals surface area contributed by atoms with Gasteiger partial charge in [-0.1, -0.05) is 23.4 Å². The molecule has 0 N–H and O–H groups in total. The van der Waals surface area contributed by atoms with Gasteiger partial charge in [0.05, 0.1) is 18.5 Å². The smallest absolute Gasteiger partial charge is 0.294 e. The molecular formula is C17H16N2O3. The molecule has 2 aromatic heterocycles. The summed E-state index contributed by atoms with van der Waals surface area (Å²) in [4.78, 5) is 14.4. The topological polar surface area (TPSA) is 59.5 Å². The maximum Gasteiger partial charge on any atom is 0.294 e. The molecule has 112 valence electrons. The minimum absolute atomic E-state index is 0.198. The van der Waals surface area contributed by atoms with Crippen molar-refractivity contribution in [1.82, 2.24) is 5.16 Å².